The van der Waals surface area contributed by atoms with Crippen LogP contribution in [0.3, 0.4) is 0 Å². The van der Waals surface area contributed by atoms with Gasteiger partial charge in [0.25, 0.3) is 5.91 Å². The molecule has 1 saturated heterocycles. The minimum Gasteiger partial charge on any atom is -0.488 e. The number of aromatic nitrogens is 1. The van der Waals surface area contributed by atoms with Crippen molar-refractivity contribution in [2.75, 3.05) is 13.1 Å². The van der Waals surface area contributed by atoms with Crippen LogP contribution in [0.4, 0.5) is 0 Å². The van der Waals surface area contributed by atoms with Crippen molar-refractivity contribution in [3.8, 4) is 5.75 Å². The van der Waals surface area contributed by atoms with E-state index in [1.807, 2.05) is 11.8 Å². The molecular formula is C14H19N3O3. The van der Waals surface area contributed by atoms with Gasteiger partial charge < -0.3 is 15.4 Å². The summed E-state index contributed by atoms with van der Waals surface area (Å²) in [5, 5.41) is 0. The van der Waals surface area contributed by atoms with E-state index in [0.29, 0.717) is 18.7 Å². The molecule has 2 heterocycles. The highest BCUT2D eigenvalue weighted by atomic mass is 16.5. The van der Waals surface area contributed by atoms with Gasteiger partial charge in [0.05, 0.1) is 6.54 Å². The van der Waals surface area contributed by atoms with Gasteiger partial charge in [-0.3, -0.25) is 14.6 Å². The summed E-state index contributed by atoms with van der Waals surface area (Å²) < 4.78 is 5.83. The van der Waals surface area contributed by atoms with E-state index >= 15 is 0 Å². The van der Waals surface area contributed by atoms with E-state index in [1.54, 1.807) is 6.07 Å². The van der Waals surface area contributed by atoms with Crippen LogP contribution >= 0.6 is 0 Å². The van der Waals surface area contributed by atoms with E-state index in [-0.39, 0.29) is 17.7 Å². The Morgan fingerprint density at radius 1 is 1.55 bits per heavy atom. The molecular weight excluding hydrogens is 258 g/mol. The first-order valence-corrected chi connectivity index (χ1v) is 6.80. The van der Waals surface area contributed by atoms with Crippen molar-refractivity contribution >= 4 is 11.8 Å². The van der Waals surface area contributed by atoms with Gasteiger partial charge in [0.15, 0.2) is 0 Å². The molecule has 1 aromatic rings. The maximum atomic E-state index is 11.7. The number of piperidine rings is 1. The second-order valence-electron chi connectivity index (χ2n) is 4.82. The summed E-state index contributed by atoms with van der Waals surface area (Å²) in [4.78, 5) is 28.5. The summed E-state index contributed by atoms with van der Waals surface area (Å²) >= 11 is 0. The van der Waals surface area contributed by atoms with Crippen molar-refractivity contribution in [1.29, 1.82) is 0 Å². The summed E-state index contributed by atoms with van der Waals surface area (Å²) in [7, 11) is 0. The number of primary amides is 1. The summed E-state index contributed by atoms with van der Waals surface area (Å²) in [6, 6.07) is 3.22. The van der Waals surface area contributed by atoms with Crippen LogP contribution < -0.4 is 10.5 Å². The van der Waals surface area contributed by atoms with Gasteiger partial charge in [-0.05, 0) is 18.9 Å². The number of amides is 2. The molecule has 2 amide bonds. The van der Waals surface area contributed by atoms with Crippen LogP contribution in [0, 0.1) is 0 Å². The number of carbonyl (C=O) groups excluding carboxylic acids is 2. The van der Waals surface area contributed by atoms with Crippen LogP contribution in [0.25, 0.3) is 0 Å². The first kappa shape index (κ1) is 14.3. The molecule has 0 radical (unpaired) electrons. The van der Waals surface area contributed by atoms with Crippen molar-refractivity contribution in [3.63, 3.8) is 0 Å². The molecule has 108 valence electrons. The predicted octanol–water partition coefficient (Wildman–Crippen LogP) is 0.960. The fraction of sp³-hybridized carbons (Fsp3) is 0.500. The second kappa shape index (κ2) is 6.36. The Hall–Kier alpha value is -2.11. The predicted molar refractivity (Wildman–Crippen MR) is 73.3 cm³/mol. The van der Waals surface area contributed by atoms with E-state index in [9.17, 15) is 9.59 Å². The van der Waals surface area contributed by atoms with Crippen molar-refractivity contribution < 1.29 is 14.3 Å². The lowest BCUT2D eigenvalue weighted by Gasteiger charge is -2.32. The summed E-state index contributed by atoms with van der Waals surface area (Å²) in [5.41, 5.74) is 5.37. The number of hydrogen-bond donors (Lipinski definition) is 1. The van der Waals surface area contributed by atoms with Gasteiger partial charge in [-0.25, -0.2) is 0 Å². The van der Waals surface area contributed by atoms with Gasteiger partial charge in [-0.1, -0.05) is 6.92 Å². The van der Waals surface area contributed by atoms with Crippen LogP contribution in [0.1, 0.15) is 36.7 Å². The average molecular weight is 277 g/mol. The van der Waals surface area contributed by atoms with Crippen molar-refractivity contribution in [1.82, 2.24) is 9.88 Å². The second-order valence-corrected chi connectivity index (χ2v) is 4.82. The Labute approximate surface area is 117 Å². The maximum absolute atomic E-state index is 11.7. The SMILES string of the molecule is CCC(=O)N1CCCC(Oc2ccnc(C(N)=O)c2)C1. The van der Waals surface area contributed by atoms with Gasteiger partial charge in [0, 0.05) is 25.2 Å². The Balaban J connectivity index is 2.00. The molecule has 6 heteroatoms. The monoisotopic (exact) mass is 277 g/mol. The van der Waals surface area contributed by atoms with Gasteiger partial charge in [-0.15, -0.1) is 0 Å². The minimum absolute atomic E-state index is 0.0534. The van der Waals surface area contributed by atoms with Gasteiger partial charge >= 0.3 is 0 Å². The molecule has 20 heavy (non-hydrogen) atoms. The standard InChI is InChI=1S/C14H19N3O3/c1-2-13(18)17-7-3-4-11(9-17)20-10-5-6-16-12(8-10)14(15)19/h5-6,8,11H,2-4,7,9H2,1H3,(H2,15,19). The first-order valence-electron chi connectivity index (χ1n) is 6.80. The Bertz CT molecular complexity index is 504. The van der Waals surface area contributed by atoms with Crippen LogP contribution in [-0.2, 0) is 4.79 Å². The molecule has 0 aliphatic carbocycles. The molecule has 1 atom stereocenters. The number of nitrogens with zero attached hydrogens (tertiary/aromatic N) is 2. The van der Waals surface area contributed by atoms with Gasteiger partial charge in [-0.2, -0.15) is 0 Å². The van der Waals surface area contributed by atoms with Crippen LogP contribution in [0.15, 0.2) is 18.3 Å². The lowest BCUT2D eigenvalue weighted by molar-refractivity contribution is -0.133. The lowest BCUT2D eigenvalue weighted by atomic mass is 10.1. The first-order chi connectivity index (χ1) is 9.60. The molecule has 1 aromatic heterocycles. The maximum Gasteiger partial charge on any atom is 0.267 e. The Kier molecular flexibility index (Phi) is 4.55. The highest BCUT2D eigenvalue weighted by molar-refractivity contribution is 5.91. The normalized spacial score (nSPS) is 18.6. The number of pyridine rings is 1. The molecule has 2 N–H and O–H groups in total. The molecule has 6 nitrogen and oxygen atoms in total. The van der Waals surface area contributed by atoms with Gasteiger partial charge in [0.2, 0.25) is 5.91 Å². The third kappa shape index (κ3) is 3.46. The van der Waals surface area contributed by atoms with Crippen LogP contribution in [-0.4, -0.2) is 40.9 Å². The zero-order chi connectivity index (χ0) is 14.5. The fourth-order valence-electron chi connectivity index (χ4n) is 2.30. The summed E-state index contributed by atoms with van der Waals surface area (Å²) in [6.45, 7) is 3.23. The fourth-order valence-corrected chi connectivity index (χ4v) is 2.30. The molecule has 0 bridgehead atoms. The van der Waals surface area contributed by atoms with Crippen molar-refractivity contribution in [2.24, 2.45) is 5.73 Å². The number of hydrogen-bond acceptors (Lipinski definition) is 4. The molecule has 1 unspecified atom stereocenters. The van der Waals surface area contributed by atoms with Crippen LogP contribution in [0.2, 0.25) is 0 Å². The van der Waals surface area contributed by atoms with Crippen molar-refractivity contribution in [2.45, 2.75) is 32.3 Å². The Morgan fingerprint density at radius 2 is 2.35 bits per heavy atom. The molecule has 0 aromatic carbocycles. The number of likely N-dealkylation sites (tertiary alicyclic amines) is 1. The molecule has 1 aliphatic heterocycles. The van der Waals surface area contributed by atoms with E-state index in [4.69, 9.17) is 10.5 Å². The molecule has 0 spiro atoms. The van der Waals surface area contributed by atoms with E-state index in [1.165, 1.54) is 12.3 Å². The molecule has 1 aliphatic rings. The van der Waals surface area contributed by atoms with E-state index in [2.05, 4.69) is 4.98 Å². The number of ether oxygens (including phenoxy) is 1. The van der Waals surface area contributed by atoms with Gasteiger partial charge in [0.1, 0.15) is 17.5 Å². The zero-order valence-corrected chi connectivity index (χ0v) is 11.5. The number of carbonyl (C=O) groups is 2. The number of nitrogens with two attached hydrogens (primary N) is 1. The molecule has 0 saturated carbocycles. The third-order valence-corrected chi connectivity index (χ3v) is 3.32. The topological polar surface area (TPSA) is 85.5 Å². The Morgan fingerprint density at radius 3 is 3.05 bits per heavy atom. The summed E-state index contributed by atoms with van der Waals surface area (Å²) in [5.74, 6) is 0.123. The van der Waals surface area contributed by atoms with E-state index in [0.717, 1.165) is 19.4 Å². The highest BCUT2D eigenvalue weighted by Gasteiger charge is 2.24. The molecule has 1 fully saturated rings. The smallest absolute Gasteiger partial charge is 0.267 e. The highest BCUT2D eigenvalue weighted by Crippen LogP contribution is 2.19. The largest absolute Gasteiger partial charge is 0.488 e. The average Bonchev–Trinajstić information content (AvgIpc) is 2.47. The van der Waals surface area contributed by atoms with E-state index < -0.39 is 5.91 Å². The number of rotatable bonds is 4. The molecule has 2 rings (SSSR count). The minimum atomic E-state index is -0.582. The lowest BCUT2D eigenvalue weighted by Crippen LogP contribution is -2.44. The third-order valence-electron chi connectivity index (χ3n) is 3.32. The van der Waals surface area contributed by atoms with Crippen LogP contribution in [0.5, 0.6) is 5.75 Å². The summed E-state index contributed by atoms with van der Waals surface area (Å²) in [6.07, 6.45) is 3.76. The zero-order valence-electron chi connectivity index (χ0n) is 11.5. The quantitative estimate of drug-likeness (QED) is 0.888. The van der Waals surface area contributed by atoms with Crippen molar-refractivity contribution in [3.05, 3.63) is 24.0 Å².